The van der Waals surface area contributed by atoms with Gasteiger partial charge in [0.15, 0.2) is 11.1 Å². The second-order valence-corrected chi connectivity index (χ2v) is 3.18. The third-order valence-corrected chi connectivity index (χ3v) is 2.09. The van der Waals surface area contributed by atoms with Crippen molar-refractivity contribution >= 4 is 16.6 Å². The molecule has 0 aliphatic carbocycles. The quantitative estimate of drug-likeness (QED) is 0.417. The van der Waals surface area contributed by atoms with Crippen LogP contribution in [-0.2, 0) is 0 Å². The molecular weight excluding hydrogens is 277 g/mol. The van der Waals surface area contributed by atoms with Crippen LogP contribution in [0.4, 0.5) is 0 Å². The minimum Gasteiger partial charge on any atom is -0.855 e. The molecule has 0 saturated heterocycles. The molecule has 8 nitrogen and oxygen atoms in total. The Balaban J connectivity index is 0.000000598. The smallest absolute Gasteiger partial charge is 0.855 e. The summed E-state index contributed by atoms with van der Waals surface area (Å²) in [4.78, 5) is 15.5. The van der Waals surface area contributed by atoms with Gasteiger partial charge in [-0.25, -0.2) is 4.52 Å². The van der Waals surface area contributed by atoms with E-state index in [2.05, 4.69) is 20.5 Å². The summed E-state index contributed by atoms with van der Waals surface area (Å²) in [5, 5.41) is 19.6. The summed E-state index contributed by atoms with van der Waals surface area (Å²) in [6.07, 6.45) is 3.18. The van der Waals surface area contributed by atoms with E-state index in [1.165, 1.54) is 6.07 Å². The number of H-pyrrole nitrogens is 1. The van der Waals surface area contributed by atoms with Crippen molar-refractivity contribution < 1.29 is 62.0 Å². The molecule has 0 saturated carbocycles. The Hall–Kier alpha value is -0.684. The first kappa shape index (κ1) is 18.3. The second-order valence-electron chi connectivity index (χ2n) is 3.18. The molecule has 96 valence electrons. The van der Waals surface area contributed by atoms with Gasteiger partial charge in [-0.15, -0.1) is 11.7 Å². The molecule has 0 atom stereocenters. The second kappa shape index (κ2) is 8.48. The maximum absolute atomic E-state index is 11.6. The third kappa shape index (κ3) is 3.89. The summed E-state index contributed by atoms with van der Waals surface area (Å²) >= 11 is 0. The predicted molar refractivity (Wildman–Crippen MR) is 63.1 cm³/mol. The summed E-state index contributed by atoms with van der Waals surface area (Å²) in [5.41, 5.74) is 1.10. The summed E-state index contributed by atoms with van der Waals surface area (Å²) in [6, 6.07) is 3.11. The maximum Gasteiger partial charge on any atom is 1.00 e. The molecule has 0 radical (unpaired) electrons. The van der Waals surface area contributed by atoms with Gasteiger partial charge < -0.3 is 10.6 Å². The van der Waals surface area contributed by atoms with Crippen molar-refractivity contribution in [2.24, 2.45) is 0 Å². The number of aromatic nitrogens is 5. The molecule has 0 bridgehead atoms. The van der Waals surface area contributed by atoms with Crippen LogP contribution >= 0.6 is 0 Å². The Morgan fingerprint density at radius 1 is 1.47 bits per heavy atom. The topological polar surface area (TPSA) is 130 Å². The Bertz CT molecular complexity index is 696. The molecule has 19 heavy (non-hydrogen) atoms. The van der Waals surface area contributed by atoms with Crippen LogP contribution in [0, 0.1) is 0 Å². The molecule has 0 aromatic carbocycles. The fourth-order valence-corrected chi connectivity index (χ4v) is 1.45. The van der Waals surface area contributed by atoms with E-state index >= 15 is 0 Å². The molecule has 0 spiro atoms. The van der Waals surface area contributed by atoms with Crippen LogP contribution < -0.4 is 61.9 Å². The number of nitrogens with zero attached hydrogens (tertiary/aromatic N) is 4. The summed E-state index contributed by atoms with van der Waals surface area (Å²) < 4.78 is 1.61. The fraction of sp³-hybridized carbons (Fsp3) is 0.200. The number of aromatic amines is 1. The Morgan fingerprint density at radius 3 is 2.84 bits per heavy atom. The fourth-order valence-electron chi connectivity index (χ4n) is 1.45. The van der Waals surface area contributed by atoms with E-state index in [1.807, 2.05) is 0 Å². The Labute approximate surface area is 150 Å². The SMILES string of the molecule is CC[O-].O.O=c1cc2nn[nH]n2c2cnccc12.[K+]. The van der Waals surface area contributed by atoms with Gasteiger partial charge in [-0.05, 0) is 6.07 Å². The Morgan fingerprint density at radius 2 is 2.16 bits per heavy atom. The van der Waals surface area contributed by atoms with Crippen molar-refractivity contribution in [3.05, 3.63) is 34.7 Å². The molecule has 0 unspecified atom stereocenters. The van der Waals surface area contributed by atoms with Crippen LogP contribution in [0.15, 0.2) is 29.3 Å². The van der Waals surface area contributed by atoms with Crippen molar-refractivity contribution in [2.45, 2.75) is 6.92 Å². The van der Waals surface area contributed by atoms with E-state index in [0.717, 1.165) is 0 Å². The molecule has 3 N–H and O–H groups in total. The molecule has 3 heterocycles. The number of hydrogen-bond donors (Lipinski definition) is 1. The first-order valence-electron chi connectivity index (χ1n) is 5.02. The molecule has 0 fully saturated rings. The summed E-state index contributed by atoms with van der Waals surface area (Å²) in [5.74, 6) is 0. The van der Waals surface area contributed by atoms with Crippen molar-refractivity contribution in [1.29, 1.82) is 0 Å². The number of hydrogen-bond acceptors (Lipinski definition) is 5. The molecule has 9 heteroatoms. The molecule has 3 aromatic heterocycles. The van der Waals surface area contributed by atoms with Crippen molar-refractivity contribution in [3.8, 4) is 0 Å². The van der Waals surface area contributed by atoms with Crippen LogP contribution in [0.25, 0.3) is 16.6 Å². The average molecular weight is 289 g/mol. The monoisotopic (exact) mass is 289 g/mol. The first-order chi connectivity index (χ1) is 8.27. The molecule has 0 aliphatic rings. The van der Waals surface area contributed by atoms with Gasteiger partial charge >= 0.3 is 51.4 Å². The first-order valence-corrected chi connectivity index (χ1v) is 5.02. The van der Waals surface area contributed by atoms with Crippen molar-refractivity contribution in [3.63, 3.8) is 0 Å². The van der Waals surface area contributed by atoms with E-state index in [4.69, 9.17) is 5.11 Å². The summed E-state index contributed by atoms with van der Waals surface area (Å²) in [7, 11) is 0. The van der Waals surface area contributed by atoms with Crippen LogP contribution in [0.3, 0.4) is 0 Å². The zero-order valence-corrected chi connectivity index (χ0v) is 13.7. The van der Waals surface area contributed by atoms with Gasteiger partial charge in [0.25, 0.3) is 0 Å². The normalized spacial score (nSPS) is 9.16. The predicted octanol–water partition coefficient (Wildman–Crippen LogP) is -4.49. The molecular formula is C10H12KN5O3. The van der Waals surface area contributed by atoms with Gasteiger partial charge in [0.05, 0.1) is 17.1 Å². The van der Waals surface area contributed by atoms with Crippen molar-refractivity contribution in [1.82, 2.24) is 25.0 Å². The minimum atomic E-state index is -0.0729. The van der Waals surface area contributed by atoms with E-state index in [1.54, 1.807) is 29.9 Å². The molecule has 3 rings (SSSR count). The van der Waals surface area contributed by atoms with Gasteiger partial charge in [0, 0.05) is 12.3 Å². The van der Waals surface area contributed by atoms with Gasteiger partial charge in [-0.1, -0.05) is 12.1 Å². The number of pyridine rings is 2. The van der Waals surface area contributed by atoms with Gasteiger partial charge in [0.1, 0.15) is 0 Å². The van der Waals surface area contributed by atoms with Crippen molar-refractivity contribution in [2.75, 3.05) is 6.61 Å². The average Bonchev–Trinajstić information content (AvgIpc) is 2.79. The van der Waals surface area contributed by atoms with E-state index < -0.39 is 0 Å². The molecule has 0 aliphatic heterocycles. The third-order valence-electron chi connectivity index (χ3n) is 2.09. The standard InChI is InChI=1S/C8H5N5O.C2H5O.K.H2O/c14-7-3-8-10-11-12-13(8)6-4-9-2-1-5(6)7;1-2-3;;/h1-4H,(H,10,12);2H2,1H3;;1H2/q;-1;+1;. The van der Waals surface area contributed by atoms with Crippen LogP contribution in [0.1, 0.15) is 6.92 Å². The minimum absolute atomic E-state index is 0. The number of fused-ring (bicyclic) bond motifs is 3. The number of tetrazole rings is 1. The van der Waals surface area contributed by atoms with E-state index in [0.29, 0.717) is 16.6 Å². The van der Waals surface area contributed by atoms with Crippen LogP contribution in [-0.4, -0.2) is 37.1 Å². The largest absolute Gasteiger partial charge is 1.00 e. The number of rotatable bonds is 0. The van der Waals surface area contributed by atoms with Gasteiger partial charge in [-0.3, -0.25) is 9.78 Å². The van der Waals surface area contributed by atoms with E-state index in [-0.39, 0.29) is 68.9 Å². The van der Waals surface area contributed by atoms with Crippen LogP contribution in [0.2, 0.25) is 0 Å². The summed E-state index contributed by atoms with van der Waals surface area (Å²) in [6.45, 7) is 1.57. The zero-order chi connectivity index (χ0) is 12.3. The van der Waals surface area contributed by atoms with E-state index in [9.17, 15) is 4.79 Å². The zero-order valence-electron chi connectivity index (χ0n) is 10.6. The number of nitrogens with one attached hydrogen (secondary N) is 1. The Kier molecular flexibility index (Phi) is 8.17. The van der Waals surface area contributed by atoms with Gasteiger partial charge in [0.2, 0.25) is 0 Å². The van der Waals surface area contributed by atoms with Gasteiger partial charge in [-0.2, -0.15) is 5.21 Å². The maximum atomic E-state index is 11.6. The molecule has 3 aromatic rings. The molecule has 0 amide bonds. The van der Waals surface area contributed by atoms with Crippen LogP contribution in [0.5, 0.6) is 0 Å².